The van der Waals surface area contributed by atoms with Crippen molar-refractivity contribution in [2.24, 2.45) is 5.92 Å². The van der Waals surface area contributed by atoms with Crippen molar-refractivity contribution in [3.8, 4) is 11.5 Å². The molecule has 1 saturated carbocycles. The van der Waals surface area contributed by atoms with Gasteiger partial charge in [0.15, 0.2) is 0 Å². The summed E-state index contributed by atoms with van der Waals surface area (Å²) in [6.07, 6.45) is 4.25. The van der Waals surface area contributed by atoms with Crippen molar-refractivity contribution in [1.29, 1.82) is 0 Å². The fourth-order valence-electron chi connectivity index (χ4n) is 5.47. The van der Waals surface area contributed by atoms with Gasteiger partial charge in [0.25, 0.3) is 0 Å². The second-order valence-electron chi connectivity index (χ2n) is 9.71. The van der Waals surface area contributed by atoms with Gasteiger partial charge in [-0.25, -0.2) is 9.59 Å². The molecule has 3 amide bonds. The Labute approximate surface area is 218 Å². The van der Waals surface area contributed by atoms with Crippen LogP contribution in [-0.4, -0.2) is 93.2 Å². The molecule has 1 unspecified atom stereocenters. The maximum atomic E-state index is 13.3. The zero-order chi connectivity index (χ0) is 26.5. The number of hydrogen-bond acceptors (Lipinski definition) is 7. The highest BCUT2D eigenvalue weighted by molar-refractivity contribution is 5.95. The van der Waals surface area contributed by atoms with E-state index in [0.29, 0.717) is 61.1 Å². The molecular formula is C27H38N4O6. The summed E-state index contributed by atoms with van der Waals surface area (Å²) in [6.45, 7) is 4.95. The average molecular weight is 515 g/mol. The van der Waals surface area contributed by atoms with Crippen molar-refractivity contribution in [3.05, 3.63) is 35.0 Å². The van der Waals surface area contributed by atoms with E-state index in [1.807, 2.05) is 4.90 Å². The molecule has 10 heteroatoms. The average Bonchev–Trinajstić information content (AvgIpc) is 3.46. The highest BCUT2D eigenvalue weighted by atomic mass is 16.5. The number of carbonyl (C=O) groups excluding carboxylic acids is 3. The number of carbonyl (C=O) groups is 3. The Hall–Kier alpha value is -3.27. The second kappa shape index (κ2) is 11.9. The molecule has 1 aromatic carbocycles. The van der Waals surface area contributed by atoms with Crippen LogP contribution in [0.1, 0.15) is 44.2 Å². The van der Waals surface area contributed by atoms with Crippen LogP contribution in [0.5, 0.6) is 11.5 Å². The van der Waals surface area contributed by atoms with E-state index >= 15 is 0 Å². The van der Waals surface area contributed by atoms with E-state index in [0.717, 1.165) is 25.7 Å². The number of piperazine rings is 1. The minimum atomic E-state index is -0.770. The highest BCUT2D eigenvalue weighted by Crippen LogP contribution is 2.38. The van der Waals surface area contributed by atoms with Gasteiger partial charge in [-0.2, -0.15) is 0 Å². The number of esters is 1. The number of hydrogen-bond donors (Lipinski definition) is 1. The maximum Gasteiger partial charge on any atom is 0.338 e. The Morgan fingerprint density at radius 2 is 1.76 bits per heavy atom. The van der Waals surface area contributed by atoms with Crippen molar-refractivity contribution < 1.29 is 28.6 Å². The molecular weight excluding hydrogens is 476 g/mol. The number of amides is 3. The Kier molecular flexibility index (Phi) is 8.58. The normalized spacial score (nSPS) is 21.2. The molecule has 37 heavy (non-hydrogen) atoms. The van der Waals surface area contributed by atoms with Gasteiger partial charge in [-0.05, 0) is 38.0 Å². The van der Waals surface area contributed by atoms with Gasteiger partial charge in [0.2, 0.25) is 5.91 Å². The fourth-order valence-corrected chi connectivity index (χ4v) is 5.47. The van der Waals surface area contributed by atoms with Gasteiger partial charge in [0.05, 0.1) is 32.4 Å². The van der Waals surface area contributed by atoms with Crippen LogP contribution in [-0.2, 0) is 14.3 Å². The monoisotopic (exact) mass is 514 g/mol. The zero-order valence-corrected chi connectivity index (χ0v) is 22.2. The van der Waals surface area contributed by atoms with Crippen LogP contribution in [0.25, 0.3) is 0 Å². The quantitative estimate of drug-likeness (QED) is 0.532. The second-order valence-corrected chi connectivity index (χ2v) is 9.71. The van der Waals surface area contributed by atoms with Crippen molar-refractivity contribution >= 4 is 17.9 Å². The number of ether oxygens (including phenoxy) is 3. The summed E-state index contributed by atoms with van der Waals surface area (Å²) in [7, 11) is 4.76. The van der Waals surface area contributed by atoms with Crippen LogP contribution in [0, 0.1) is 5.92 Å². The first-order valence-corrected chi connectivity index (χ1v) is 13.0. The SMILES string of the molecule is CCOC(=O)C1=C(CN2CCN(C(=O)C3CCCC3)CC2)N(C)C(=O)NC1c1cc(OC)ccc1OC. The van der Waals surface area contributed by atoms with E-state index in [2.05, 4.69) is 10.2 Å². The molecule has 0 aromatic heterocycles. The van der Waals surface area contributed by atoms with Crippen molar-refractivity contribution in [2.45, 2.75) is 38.6 Å². The number of likely N-dealkylation sites (N-methyl/N-ethyl adjacent to an activating group) is 1. The number of nitrogens with zero attached hydrogens (tertiary/aromatic N) is 3. The van der Waals surface area contributed by atoms with Crippen molar-refractivity contribution in [1.82, 2.24) is 20.0 Å². The summed E-state index contributed by atoms with van der Waals surface area (Å²) in [5, 5.41) is 2.94. The van der Waals surface area contributed by atoms with Crippen LogP contribution < -0.4 is 14.8 Å². The van der Waals surface area contributed by atoms with Crippen molar-refractivity contribution in [2.75, 3.05) is 60.6 Å². The lowest BCUT2D eigenvalue weighted by molar-refractivity contribution is -0.139. The third-order valence-corrected chi connectivity index (χ3v) is 7.58. The molecule has 10 nitrogen and oxygen atoms in total. The largest absolute Gasteiger partial charge is 0.497 e. The first-order valence-electron chi connectivity index (χ1n) is 13.0. The molecule has 1 aliphatic carbocycles. The van der Waals surface area contributed by atoms with E-state index in [1.54, 1.807) is 46.4 Å². The summed E-state index contributed by atoms with van der Waals surface area (Å²) in [5.74, 6) is 1.04. The van der Waals surface area contributed by atoms with Crippen LogP contribution in [0.3, 0.4) is 0 Å². The van der Waals surface area contributed by atoms with E-state index < -0.39 is 12.0 Å². The zero-order valence-electron chi connectivity index (χ0n) is 22.2. The number of rotatable bonds is 8. The fraction of sp³-hybridized carbons (Fsp3) is 0.593. The maximum absolute atomic E-state index is 13.3. The molecule has 1 aromatic rings. The number of methoxy groups -OCH3 is 2. The molecule has 0 bridgehead atoms. The lowest BCUT2D eigenvalue weighted by Crippen LogP contribution is -2.53. The Morgan fingerprint density at radius 3 is 2.38 bits per heavy atom. The van der Waals surface area contributed by atoms with Gasteiger partial charge in [-0.1, -0.05) is 12.8 Å². The topological polar surface area (TPSA) is 101 Å². The van der Waals surface area contributed by atoms with Gasteiger partial charge in [0.1, 0.15) is 11.5 Å². The van der Waals surface area contributed by atoms with E-state index in [4.69, 9.17) is 14.2 Å². The smallest absolute Gasteiger partial charge is 0.338 e. The number of nitrogens with one attached hydrogen (secondary N) is 1. The summed E-state index contributed by atoms with van der Waals surface area (Å²) in [6, 6.07) is 4.18. The molecule has 3 aliphatic rings. The summed E-state index contributed by atoms with van der Waals surface area (Å²) >= 11 is 0. The lowest BCUT2D eigenvalue weighted by atomic mass is 9.93. The molecule has 0 spiro atoms. The first-order chi connectivity index (χ1) is 17.9. The molecule has 1 N–H and O–H groups in total. The number of benzene rings is 1. The minimum absolute atomic E-state index is 0.163. The van der Waals surface area contributed by atoms with Gasteiger partial charge in [-0.15, -0.1) is 0 Å². The Morgan fingerprint density at radius 1 is 1.05 bits per heavy atom. The third-order valence-electron chi connectivity index (χ3n) is 7.58. The molecule has 2 aliphatic heterocycles. The van der Waals surface area contributed by atoms with E-state index in [1.165, 1.54) is 4.90 Å². The minimum Gasteiger partial charge on any atom is -0.497 e. The predicted molar refractivity (Wildman–Crippen MR) is 137 cm³/mol. The van der Waals surface area contributed by atoms with Crippen LogP contribution in [0.15, 0.2) is 29.5 Å². The predicted octanol–water partition coefficient (Wildman–Crippen LogP) is 2.55. The van der Waals surface area contributed by atoms with Crippen molar-refractivity contribution in [3.63, 3.8) is 0 Å². The first kappa shape index (κ1) is 26.8. The van der Waals surface area contributed by atoms with Gasteiger partial charge in [-0.3, -0.25) is 14.6 Å². The molecule has 202 valence electrons. The summed E-state index contributed by atoms with van der Waals surface area (Å²) in [4.78, 5) is 44.9. The molecule has 2 heterocycles. The molecule has 1 atom stereocenters. The van der Waals surface area contributed by atoms with Gasteiger partial charge >= 0.3 is 12.0 Å². The Bertz CT molecular complexity index is 1040. The lowest BCUT2D eigenvalue weighted by Gasteiger charge is -2.40. The van der Waals surface area contributed by atoms with E-state index in [-0.39, 0.29) is 24.5 Å². The molecule has 0 radical (unpaired) electrons. The van der Waals surface area contributed by atoms with E-state index in [9.17, 15) is 14.4 Å². The Balaban J connectivity index is 1.62. The van der Waals surface area contributed by atoms with Crippen LogP contribution >= 0.6 is 0 Å². The molecule has 2 fully saturated rings. The number of urea groups is 1. The standard InChI is InChI=1S/C27H38N4O6/c1-5-37-26(33)23-21(17-30-12-14-31(15-13-30)25(32)18-8-6-7-9-18)29(2)27(34)28-24(23)20-16-19(35-3)10-11-22(20)36-4/h10-11,16,18,24H,5-9,12-15,17H2,1-4H3,(H,28,34). The summed E-state index contributed by atoms with van der Waals surface area (Å²) in [5.41, 5.74) is 1.54. The van der Waals surface area contributed by atoms with Crippen LogP contribution in [0.2, 0.25) is 0 Å². The molecule has 1 saturated heterocycles. The van der Waals surface area contributed by atoms with Gasteiger partial charge < -0.3 is 24.4 Å². The van der Waals surface area contributed by atoms with Gasteiger partial charge in [0, 0.05) is 56.9 Å². The van der Waals surface area contributed by atoms with Crippen LogP contribution in [0.4, 0.5) is 4.79 Å². The third kappa shape index (κ3) is 5.69. The molecule has 4 rings (SSSR count). The summed E-state index contributed by atoms with van der Waals surface area (Å²) < 4.78 is 16.4. The highest BCUT2D eigenvalue weighted by Gasteiger charge is 2.39.